The molecule has 1 heterocycles. The zero-order valence-electron chi connectivity index (χ0n) is 13.2. The number of aromatic nitrogens is 1. The third-order valence-corrected chi connectivity index (χ3v) is 5.00. The van der Waals surface area contributed by atoms with E-state index < -0.39 is 9.84 Å². The van der Waals surface area contributed by atoms with Gasteiger partial charge in [0.25, 0.3) is 0 Å². The van der Waals surface area contributed by atoms with E-state index in [1.165, 1.54) is 18.3 Å². The molecule has 6 nitrogen and oxygen atoms in total. The van der Waals surface area contributed by atoms with Crippen molar-refractivity contribution < 1.29 is 13.5 Å². The molecule has 1 atom stereocenters. The van der Waals surface area contributed by atoms with E-state index in [9.17, 15) is 13.7 Å². The van der Waals surface area contributed by atoms with Crippen LogP contribution in [0.15, 0.2) is 58.6 Å². The fraction of sp³-hybridized carbons (Fsp3) is 0.176. The molecule has 2 rings (SSSR count). The minimum Gasteiger partial charge on any atom is -0.396 e. The maximum Gasteiger partial charge on any atom is 0.233 e. The highest BCUT2D eigenvalue weighted by Gasteiger charge is 2.21. The van der Waals surface area contributed by atoms with Crippen molar-refractivity contribution in [3.05, 3.63) is 64.7 Å². The van der Waals surface area contributed by atoms with Gasteiger partial charge >= 0.3 is 0 Å². The molecule has 0 bridgehead atoms. The first-order chi connectivity index (χ1) is 11.5. The van der Waals surface area contributed by atoms with Gasteiger partial charge in [-0.05, 0) is 35.8 Å². The fourth-order valence-electron chi connectivity index (χ4n) is 2.09. The molecular formula is C17H18ClN3O3S. The number of rotatable bonds is 6. The average molecular weight is 380 g/mol. The normalized spacial score (nSPS) is 12.8. The molecule has 1 unspecified atom stereocenters. The zero-order chi connectivity index (χ0) is 17.6. The van der Waals surface area contributed by atoms with Crippen LogP contribution < -0.4 is 5.73 Å². The van der Waals surface area contributed by atoms with Gasteiger partial charge in [0.15, 0.2) is 9.93 Å². The Balaban J connectivity index is 0.00000312. The molecule has 0 saturated carbocycles. The number of halogens is 1. The molecule has 1 aromatic carbocycles. The zero-order valence-corrected chi connectivity index (χ0v) is 14.9. The maximum atomic E-state index is 12.4. The van der Waals surface area contributed by atoms with Gasteiger partial charge in [0.2, 0.25) is 9.84 Å². The second-order valence-corrected chi connectivity index (χ2v) is 6.94. The predicted molar refractivity (Wildman–Crippen MR) is 97.3 cm³/mol. The fourth-order valence-corrected chi connectivity index (χ4v) is 3.18. The van der Waals surface area contributed by atoms with E-state index in [0.717, 1.165) is 5.56 Å². The molecule has 0 fully saturated rings. The number of allylic oxidation sites excluding steroid dienone is 1. The highest BCUT2D eigenvalue weighted by Crippen LogP contribution is 2.21. The molecule has 0 amide bonds. The van der Waals surface area contributed by atoms with Crippen molar-refractivity contribution in [1.82, 2.24) is 4.98 Å². The molecule has 0 aliphatic heterocycles. The van der Waals surface area contributed by atoms with E-state index >= 15 is 0 Å². The lowest BCUT2D eigenvalue weighted by Crippen LogP contribution is -2.11. The highest BCUT2D eigenvalue weighted by atomic mass is 35.5. The third kappa shape index (κ3) is 5.11. The van der Waals surface area contributed by atoms with Crippen LogP contribution in [0.2, 0.25) is 0 Å². The van der Waals surface area contributed by atoms with Crippen molar-refractivity contribution in [3.8, 4) is 6.07 Å². The van der Waals surface area contributed by atoms with Crippen molar-refractivity contribution in [2.75, 3.05) is 6.61 Å². The lowest BCUT2D eigenvalue weighted by molar-refractivity contribution is 0.276. The van der Waals surface area contributed by atoms with E-state index in [1.807, 2.05) is 0 Å². The first-order valence-corrected chi connectivity index (χ1v) is 8.71. The smallest absolute Gasteiger partial charge is 0.233 e. The number of pyridine rings is 1. The standard InChI is InChI=1S/C17H17N3O3S.ClH/c18-12-15(24(22,23)17-3-1-2-9-20-17)11-13-4-6-14(7-5-13)16(19)8-10-21;/h1-7,9,11,16,21H,8,10,19H2;1H/b15-11+;. The first kappa shape index (κ1) is 20.8. The summed E-state index contributed by atoms with van der Waals surface area (Å²) in [5.74, 6) is 0. The summed E-state index contributed by atoms with van der Waals surface area (Å²) < 4.78 is 24.9. The van der Waals surface area contributed by atoms with Crippen molar-refractivity contribution in [2.45, 2.75) is 17.5 Å². The van der Waals surface area contributed by atoms with E-state index in [1.54, 1.807) is 42.5 Å². The second kappa shape index (κ2) is 9.30. The van der Waals surface area contributed by atoms with Crippen LogP contribution in [0.25, 0.3) is 6.08 Å². The maximum absolute atomic E-state index is 12.4. The van der Waals surface area contributed by atoms with Gasteiger partial charge in [-0.15, -0.1) is 12.4 Å². The molecule has 1 aromatic heterocycles. The molecule has 3 N–H and O–H groups in total. The molecule has 0 aliphatic rings. The lowest BCUT2D eigenvalue weighted by Gasteiger charge is -2.10. The SMILES string of the molecule is Cl.N#C/C(=C\c1ccc(C(N)CCO)cc1)S(=O)(=O)c1ccccn1. The van der Waals surface area contributed by atoms with Crippen LogP contribution >= 0.6 is 12.4 Å². The lowest BCUT2D eigenvalue weighted by atomic mass is 10.0. The number of nitrogens with zero attached hydrogens (tertiary/aromatic N) is 2. The van der Waals surface area contributed by atoms with Crippen LogP contribution in [0.5, 0.6) is 0 Å². The summed E-state index contributed by atoms with van der Waals surface area (Å²) >= 11 is 0. The molecule has 0 spiro atoms. The highest BCUT2D eigenvalue weighted by molar-refractivity contribution is 7.95. The van der Waals surface area contributed by atoms with E-state index in [2.05, 4.69) is 4.98 Å². The number of aliphatic hydroxyl groups excluding tert-OH is 1. The molecule has 0 aliphatic carbocycles. The minimum absolute atomic E-state index is 0. The number of nitrogens with two attached hydrogens (primary N) is 1. The molecular weight excluding hydrogens is 362 g/mol. The van der Waals surface area contributed by atoms with Gasteiger partial charge < -0.3 is 10.8 Å². The van der Waals surface area contributed by atoms with Crippen LogP contribution in [0.4, 0.5) is 0 Å². The Hall–Kier alpha value is -2.24. The van der Waals surface area contributed by atoms with Crippen LogP contribution in [0.1, 0.15) is 23.6 Å². The van der Waals surface area contributed by atoms with Gasteiger partial charge in [-0.1, -0.05) is 30.3 Å². The number of hydrogen-bond acceptors (Lipinski definition) is 6. The number of aliphatic hydroxyl groups is 1. The Bertz CT molecular complexity index is 860. The van der Waals surface area contributed by atoms with Gasteiger partial charge in [0, 0.05) is 18.8 Å². The Morgan fingerprint density at radius 2 is 1.96 bits per heavy atom. The first-order valence-electron chi connectivity index (χ1n) is 7.23. The molecule has 132 valence electrons. The number of nitriles is 1. The Labute approximate surface area is 153 Å². The summed E-state index contributed by atoms with van der Waals surface area (Å²) in [5, 5.41) is 18.0. The molecule has 0 radical (unpaired) electrons. The average Bonchev–Trinajstić information content (AvgIpc) is 2.61. The monoisotopic (exact) mass is 379 g/mol. The van der Waals surface area contributed by atoms with E-state index in [-0.39, 0.29) is 35.0 Å². The van der Waals surface area contributed by atoms with Crippen molar-refractivity contribution in [1.29, 1.82) is 5.26 Å². The Kier molecular flexibility index (Phi) is 7.74. The van der Waals surface area contributed by atoms with Crippen molar-refractivity contribution in [2.24, 2.45) is 5.73 Å². The van der Waals surface area contributed by atoms with Crippen molar-refractivity contribution in [3.63, 3.8) is 0 Å². The van der Waals surface area contributed by atoms with E-state index in [4.69, 9.17) is 10.8 Å². The van der Waals surface area contributed by atoms with Gasteiger partial charge in [-0.25, -0.2) is 13.4 Å². The quantitative estimate of drug-likeness (QED) is 0.743. The summed E-state index contributed by atoms with van der Waals surface area (Å²) in [4.78, 5) is 3.42. The Morgan fingerprint density at radius 1 is 1.28 bits per heavy atom. The Morgan fingerprint density at radius 3 is 2.48 bits per heavy atom. The summed E-state index contributed by atoms with van der Waals surface area (Å²) in [6.07, 6.45) is 3.09. The number of hydrogen-bond donors (Lipinski definition) is 2. The summed E-state index contributed by atoms with van der Waals surface area (Å²) in [5.41, 5.74) is 7.28. The molecule has 25 heavy (non-hydrogen) atoms. The van der Waals surface area contributed by atoms with Gasteiger partial charge in [-0.2, -0.15) is 5.26 Å². The van der Waals surface area contributed by atoms with Crippen LogP contribution in [-0.2, 0) is 9.84 Å². The van der Waals surface area contributed by atoms with Gasteiger partial charge in [-0.3, -0.25) is 0 Å². The molecule has 2 aromatic rings. The minimum atomic E-state index is -3.95. The van der Waals surface area contributed by atoms with Crippen LogP contribution in [-0.4, -0.2) is 25.1 Å². The summed E-state index contributed by atoms with van der Waals surface area (Å²) in [6, 6.07) is 12.8. The summed E-state index contributed by atoms with van der Waals surface area (Å²) in [6.45, 7) is -0.0102. The molecule has 8 heteroatoms. The van der Waals surface area contributed by atoms with Gasteiger partial charge in [0.05, 0.1) is 0 Å². The number of benzene rings is 1. The number of sulfone groups is 1. The van der Waals surface area contributed by atoms with E-state index in [0.29, 0.717) is 12.0 Å². The third-order valence-electron chi connectivity index (χ3n) is 3.42. The summed E-state index contributed by atoms with van der Waals surface area (Å²) in [7, 11) is -3.95. The van der Waals surface area contributed by atoms with Crippen LogP contribution in [0, 0.1) is 11.3 Å². The largest absolute Gasteiger partial charge is 0.396 e. The van der Waals surface area contributed by atoms with Gasteiger partial charge in [0.1, 0.15) is 6.07 Å². The predicted octanol–water partition coefficient (Wildman–Crippen LogP) is 2.22. The topological polar surface area (TPSA) is 117 Å². The molecule has 0 saturated heterocycles. The van der Waals surface area contributed by atoms with Crippen LogP contribution in [0.3, 0.4) is 0 Å². The second-order valence-electron chi connectivity index (χ2n) is 5.08. The van der Waals surface area contributed by atoms with Crippen molar-refractivity contribution >= 4 is 28.3 Å².